The number of carbonyl (C=O) groups excluding carboxylic acids is 2. The van der Waals surface area contributed by atoms with Crippen LogP contribution in [0.25, 0.3) is 0 Å². The Bertz CT molecular complexity index is 422. The van der Waals surface area contributed by atoms with Gasteiger partial charge in [-0.1, -0.05) is 39.5 Å². The minimum atomic E-state index is -0.268. The summed E-state index contributed by atoms with van der Waals surface area (Å²) >= 11 is 0. The summed E-state index contributed by atoms with van der Waals surface area (Å²) in [5, 5.41) is 0. The summed E-state index contributed by atoms with van der Waals surface area (Å²) in [6.45, 7) is 4.95. The SMILES string of the molecule is CC1(C2(C)CCCC3CC(CCC2)C(=O)OC3=O)CCCC1. The van der Waals surface area contributed by atoms with E-state index in [1.54, 1.807) is 0 Å². The summed E-state index contributed by atoms with van der Waals surface area (Å²) in [7, 11) is 0. The van der Waals surface area contributed by atoms with E-state index < -0.39 is 0 Å². The summed E-state index contributed by atoms with van der Waals surface area (Å²) in [6.07, 6.45) is 12.5. The quantitative estimate of drug-likeness (QED) is 0.524. The predicted molar refractivity (Wildman–Crippen MR) is 85.1 cm³/mol. The maximum atomic E-state index is 11.9. The fourth-order valence-electron chi connectivity index (χ4n) is 5.24. The molecule has 2 unspecified atom stereocenters. The molecular formula is C19H30O3. The van der Waals surface area contributed by atoms with Crippen LogP contribution in [-0.4, -0.2) is 11.9 Å². The lowest BCUT2D eigenvalue weighted by Crippen LogP contribution is -2.39. The third-order valence-electron chi connectivity index (χ3n) is 7.16. The van der Waals surface area contributed by atoms with Crippen molar-refractivity contribution in [1.29, 1.82) is 0 Å². The van der Waals surface area contributed by atoms with Crippen LogP contribution < -0.4 is 0 Å². The fraction of sp³-hybridized carbons (Fsp3) is 0.895. The van der Waals surface area contributed by atoms with E-state index in [9.17, 15) is 9.59 Å². The largest absolute Gasteiger partial charge is 0.393 e. The molecule has 3 nitrogen and oxygen atoms in total. The van der Waals surface area contributed by atoms with Gasteiger partial charge in [-0.05, 0) is 55.8 Å². The van der Waals surface area contributed by atoms with Crippen LogP contribution in [0.4, 0.5) is 0 Å². The van der Waals surface area contributed by atoms with Gasteiger partial charge in [-0.3, -0.25) is 9.59 Å². The molecule has 3 aliphatic rings. The Balaban J connectivity index is 1.75. The van der Waals surface area contributed by atoms with Gasteiger partial charge < -0.3 is 4.74 Å². The molecule has 0 N–H and O–H groups in total. The van der Waals surface area contributed by atoms with Gasteiger partial charge in [0.25, 0.3) is 0 Å². The van der Waals surface area contributed by atoms with Crippen LogP contribution in [0.2, 0.25) is 0 Å². The third-order valence-corrected chi connectivity index (χ3v) is 7.16. The smallest absolute Gasteiger partial charge is 0.316 e. The van der Waals surface area contributed by atoms with Crippen molar-refractivity contribution < 1.29 is 14.3 Å². The summed E-state index contributed by atoms with van der Waals surface area (Å²) in [5.74, 6) is -0.617. The van der Waals surface area contributed by atoms with Crippen molar-refractivity contribution in [3.05, 3.63) is 0 Å². The number of ether oxygens (including phenoxy) is 1. The zero-order chi connectivity index (χ0) is 15.8. The molecule has 1 saturated heterocycles. The number of hydrogen-bond donors (Lipinski definition) is 0. The first kappa shape index (κ1) is 16.0. The zero-order valence-corrected chi connectivity index (χ0v) is 14.2. The molecule has 1 heterocycles. The monoisotopic (exact) mass is 306 g/mol. The van der Waals surface area contributed by atoms with Crippen LogP contribution in [0.1, 0.15) is 84.5 Å². The second-order valence-corrected chi connectivity index (χ2v) is 8.48. The molecule has 22 heavy (non-hydrogen) atoms. The number of hydrogen-bond acceptors (Lipinski definition) is 3. The average molecular weight is 306 g/mol. The Labute approximate surface area is 134 Å². The first-order chi connectivity index (χ1) is 10.4. The van der Waals surface area contributed by atoms with Gasteiger partial charge in [-0.2, -0.15) is 0 Å². The van der Waals surface area contributed by atoms with Gasteiger partial charge in [0.15, 0.2) is 0 Å². The van der Waals surface area contributed by atoms with E-state index in [2.05, 4.69) is 13.8 Å². The van der Waals surface area contributed by atoms with Crippen molar-refractivity contribution in [1.82, 2.24) is 0 Å². The highest BCUT2D eigenvalue weighted by atomic mass is 16.6. The van der Waals surface area contributed by atoms with Gasteiger partial charge in [0.1, 0.15) is 0 Å². The Morgan fingerprint density at radius 3 is 1.64 bits per heavy atom. The molecule has 0 aromatic rings. The molecule has 2 atom stereocenters. The van der Waals surface area contributed by atoms with Crippen molar-refractivity contribution >= 4 is 11.9 Å². The van der Waals surface area contributed by atoms with E-state index in [4.69, 9.17) is 4.74 Å². The highest BCUT2D eigenvalue weighted by Crippen LogP contribution is 2.56. The number of carbonyl (C=O) groups is 2. The molecular weight excluding hydrogens is 276 g/mol. The maximum Gasteiger partial charge on any atom is 0.316 e. The topological polar surface area (TPSA) is 43.4 Å². The van der Waals surface area contributed by atoms with Gasteiger partial charge in [0.05, 0.1) is 11.8 Å². The fourth-order valence-corrected chi connectivity index (χ4v) is 5.24. The highest BCUT2D eigenvalue weighted by Gasteiger charge is 2.46. The number of rotatable bonds is 1. The van der Waals surface area contributed by atoms with E-state index in [0.717, 1.165) is 32.1 Å². The molecule has 3 rings (SSSR count). The molecule has 2 bridgehead atoms. The number of fused-ring (bicyclic) bond motifs is 2. The standard InChI is InChI=1S/C19H30O3/c1-18(9-3-4-10-18)19(2)11-5-7-14-13-15(8-6-12-19)17(21)22-16(14)20/h14-15H,3-13H2,1-2H3. The number of esters is 2. The molecule has 0 radical (unpaired) electrons. The summed E-state index contributed by atoms with van der Waals surface area (Å²) in [5.41, 5.74) is 0.813. The molecule has 2 saturated carbocycles. The van der Waals surface area contributed by atoms with E-state index >= 15 is 0 Å². The second-order valence-electron chi connectivity index (χ2n) is 8.48. The van der Waals surface area contributed by atoms with Crippen LogP contribution in [0.15, 0.2) is 0 Å². The zero-order valence-electron chi connectivity index (χ0n) is 14.2. The Kier molecular flexibility index (Phi) is 4.35. The molecule has 0 aromatic heterocycles. The predicted octanol–water partition coefficient (Wildman–Crippen LogP) is 4.63. The van der Waals surface area contributed by atoms with Gasteiger partial charge in [0.2, 0.25) is 0 Å². The van der Waals surface area contributed by atoms with Gasteiger partial charge in [-0.25, -0.2) is 0 Å². The lowest BCUT2D eigenvalue weighted by atomic mass is 9.59. The average Bonchev–Trinajstić information content (AvgIpc) is 2.92. The van der Waals surface area contributed by atoms with E-state index in [-0.39, 0.29) is 23.8 Å². The van der Waals surface area contributed by atoms with Crippen LogP contribution in [0.3, 0.4) is 0 Å². The van der Waals surface area contributed by atoms with E-state index in [1.807, 2.05) is 0 Å². The molecule has 3 heteroatoms. The Morgan fingerprint density at radius 1 is 0.773 bits per heavy atom. The minimum Gasteiger partial charge on any atom is -0.393 e. The molecule has 0 aromatic carbocycles. The second kappa shape index (κ2) is 5.98. The van der Waals surface area contributed by atoms with E-state index in [0.29, 0.717) is 10.8 Å². The summed E-state index contributed by atoms with van der Waals surface area (Å²) in [6, 6.07) is 0. The van der Waals surface area contributed by atoms with Crippen LogP contribution in [0.5, 0.6) is 0 Å². The Hall–Kier alpha value is -0.860. The Morgan fingerprint density at radius 2 is 1.18 bits per heavy atom. The molecule has 3 fully saturated rings. The third kappa shape index (κ3) is 2.83. The lowest BCUT2D eigenvalue weighted by molar-refractivity contribution is -0.172. The van der Waals surface area contributed by atoms with Crippen LogP contribution >= 0.6 is 0 Å². The highest BCUT2D eigenvalue weighted by molar-refractivity contribution is 5.90. The van der Waals surface area contributed by atoms with E-state index in [1.165, 1.54) is 38.5 Å². The van der Waals surface area contributed by atoms with Crippen molar-refractivity contribution in [3.8, 4) is 0 Å². The lowest BCUT2D eigenvalue weighted by Gasteiger charge is -2.46. The maximum absolute atomic E-state index is 11.9. The summed E-state index contributed by atoms with van der Waals surface area (Å²) in [4.78, 5) is 23.8. The minimum absolute atomic E-state index is 0.0403. The van der Waals surface area contributed by atoms with Crippen LogP contribution in [0, 0.1) is 22.7 Å². The first-order valence-electron chi connectivity index (χ1n) is 9.19. The van der Waals surface area contributed by atoms with Gasteiger partial charge >= 0.3 is 11.9 Å². The summed E-state index contributed by atoms with van der Waals surface area (Å²) < 4.78 is 4.98. The van der Waals surface area contributed by atoms with Crippen molar-refractivity contribution in [2.45, 2.75) is 84.5 Å². The van der Waals surface area contributed by atoms with Gasteiger partial charge in [-0.15, -0.1) is 0 Å². The molecule has 0 spiro atoms. The molecule has 2 aliphatic carbocycles. The molecule has 1 aliphatic heterocycles. The van der Waals surface area contributed by atoms with Crippen molar-refractivity contribution in [2.24, 2.45) is 22.7 Å². The number of cyclic esters (lactones) is 2. The first-order valence-corrected chi connectivity index (χ1v) is 9.19. The van der Waals surface area contributed by atoms with Gasteiger partial charge in [0, 0.05) is 0 Å². The van der Waals surface area contributed by atoms with Crippen molar-refractivity contribution in [3.63, 3.8) is 0 Å². The van der Waals surface area contributed by atoms with Crippen LogP contribution in [-0.2, 0) is 14.3 Å². The normalized spacial score (nSPS) is 39.4. The molecule has 124 valence electrons. The van der Waals surface area contributed by atoms with Crippen molar-refractivity contribution in [2.75, 3.05) is 0 Å². The molecule has 0 amide bonds.